The van der Waals surface area contributed by atoms with Crippen molar-refractivity contribution in [3.63, 3.8) is 0 Å². The van der Waals surface area contributed by atoms with E-state index in [1.165, 1.54) is 10.4 Å². The molecule has 0 fully saturated rings. The van der Waals surface area contributed by atoms with E-state index in [0.717, 1.165) is 4.88 Å². The normalized spacial score (nSPS) is 12.6. The van der Waals surface area contributed by atoms with Gasteiger partial charge in [-0.3, -0.25) is 0 Å². The summed E-state index contributed by atoms with van der Waals surface area (Å²) in [7, 11) is 0. The maximum atomic E-state index is 8.85. The molecule has 0 aliphatic rings. The maximum absolute atomic E-state index is 8.85. The maximum Gasteiger partial charge on any atom is 0.0449 e. The van der Waals surface area contributed by atoms with Crippen LogP contribution in [0.1, 0.15) is 17.3 Å². The van der Waals surface area contributed by atoms with Crippen LogP contribution < -0.4 is 5.73 Å². The minimum Gasteiger partial charge on any atom is -0.396 e. The highest BCUT2D eigenvalue weighted by Gasteiger charge is 2.09. The molecule has 1 aromatic carbocycles. The molecule has 2 rings (SSSR count). The topological polar surface area (TPSA) is 46.2 Å². The lowest BCUT2D eigenvalue weighted by atomic mass is 10.2. The Balaban J connectivity index is 2.20. The van der Waals surface area contributed by atoms with Crippen molar-refractivity contribution in [1.82, 2.24) is 0 Å². The van der Waals surface area contributed by atoms with Crippen LogP contribution in [-0.4, -0.2) is 11.7 Å². The van der Waals surface area contributed by atoms with Crippen molar-refractivity contribution in [1.29, 1.82) is 0 Å². The molecule has 1 aromatic heterocycles. The zero-order chi connectivity index (χ0) is 11.4. The summed E-state index contributed by atoms with van der Waals surface area (Å²) in [5, 5.41) is 8.85. The zero-order valence-corrected chi connectivity index (χ0v) is 9.78. The van der Waals surface area contributed by atoms with E-state index in [9.17, 15) is 0 Å². The van der Waals surface area contributed by atoms with Gasteiger partial charge in [-0.15, -0.1) is 11.3 Å². The van der Waals surface area contributed by atoms with Gasteiger partial charge in [-0.05, 0) is 24.1 Å². The van der Waals surface area contributed by atoms with Crippen LogP contribution in [-0.2, 0) is 0 Å². The van der Waals surface area contributed by atoms with Crippen molar-refractivity contribution in [3.8, 4) is 10.4 Å². The fourth-order valence-corrected chi connectivity index (χ4v) is 2.64. The fourth-order valence-electron chi connectivity index (χ4n) is 1.59. The summed E-state index contributed by atoms with van der Waals surface area (Å²) in [6.07, 6.45) is 0.620. The third-order valence-electron chi connectivity index (χ3n) is 2.49. The Morgan fingerprint density at radius 2 is 1.88 bits per heavy atom. The van der Waals surface area contributed by atoms with E-state index >= 15 is 0 Å². The quantitative estimate of drug-likeness (QED) is 0.853. The molecular formula is C13H15NOS. The molecular weight excluding hydrogens is 218 g/mol. The number of rotatable bonds is 4. The molecule has 0 aliphatic carbocycles. The Kier molecular flexibility index (Phi) is 3.72. The third kappa shape index (κ3) is 2.50. The molecule has 0 aliphatic heterocycles. The van der Waals surface area contributed by atoms with Gasteiger partial charge < -0.3 is 10.8 Å². The second-order valence-electron chi connectivity index (χ2n) is 3.69. The van der Waals surface area contributed by atoms with Crippen LogP contribution in [0.2, 0.25) is 0 Å². The summed E-state index contributed by atoms with van der Waals surface area (Å²) in [5.41, 5.74) is 7.16. The second kappa shape index (κ2) is 5.25. The lowest BCUT2D eigenvalue weighted by Crippen LogP contribution is -2.09. The highest BCUT2D eigenvalue weighted by atomic mass is 32.1. The molecule has 0 spiro atoms. The van der Waals surface area contributed by atoms with Gasteiger partial charge in [-0.2, -0.15) is 0 Å². The molecule has 1 heterocycles. The molecule has 0 saturated carbocycles. The SMILES string of the molecule is NC(CCO)c1ccc(-c2ccccc2)s1. The number of benzene rings is 1. The Morgan fingerprint density at radius 1 is 1.12 bits per heavy atom. The van der Waals surface area contributed by atoms with Crippen LogP contribution in [0.4, 0.5) is 0 Å². The number of nitrogens with two attached hydrogens (primary N) is 1. The van der Waals surface area contributed by atoms with E-state index in [4.69, 9.17) is 10.8 Å². The van der Waals surface area contributed by atoms with E-state index in [0.29, 0.717) is 6.42 Å². The van der Waals surface area contributed by atoms with Gasteiger partial charge in [0.25, 0.3) is 0 Å². The lowest BCUT2D eigenvalue weighted by molar-refractivity contribution is 0.277. The second-order valence-corrected chi connectivity index (χ2v) is 4.80. The van der Waals surface area contributed by atoms with E-state index in [1.807, 2.05) is 24.3 Å². The molecule has 0 amide bonds. The first-order valence-corrected chi connectivity index (χ1v) is 6.14. The molecule has 0 bridgehead atoms. The summed E-state index contributed by atoms with van der Waals surface area (Å²) in [5.74, 6) is 0. The molecule has 0 radical (unpaired) electrons. The molecule has 1 unspecified atom stereocenters. The van der Waals surface area contributed by atoms with Crippen molar-refractivity contribution < 1.29 is 5.11 Å². The van der Waals surface area contributed by atoms with Gasteiger partial charge in [0.1, 0.15) is 0 Å². The number of aliphatic hydroxyl groups is 1. The Morgan fingerprint density at radius 3 is 2.56 bits per heavy atom. The minimum atomic E-state index is -0.0486. The van der Waals surface area contributed by atoms with Gasteiger partial charge in [0.2, 0.25) is 0 Å². The van der Waals surface area contributed by atoms with Crippen molar-refractivity contribution in [2.75, 3.05) is 6.61 Å². The van der Waals surface area contributed by atoms with E-state index < -0.39 is 0 Å². The van der Waals surface area contributed by atoms with Crippen molar-refractivity contribution in [3.05, 3.63) is 47.3 Å². The summed E-state index contributed by atoms with van der Waals surface area (Å²) in [4.78, 5) is 2.36. The molecule has 2 nitrogen and oxygen atoms in total. The number of thiophene rings is 1. The van der Waals surface area contributed by atoms with Crippen molar-refractivity contribution in [2.45, 2.75) is 12.5 Å². The highest BCUT2D eigenvalue weighted by molar-refractivity contribution is 7.15. The molecule has 1 atom stereocenters. The average molecular weight is 233 g/mol. The van der Waals surface area contributed by atoms with Gasteiger partial charge in [0, 0.05) is 22.4 Å². The highest BCUT2D eigenvalue weighted by Crippen LogP contribution is 2.31. The molecule has 16 heavy (non-hydrogen) atoms. The fraction of sp³-hybridized carbons (Fsp3) is 0.231. The van der Waals surface area contributed by atoms with Crippen LogP contribution in [0.25, 0.3) is 10.4 Å². The first kappa shape index (κ1) is 11.3. The van der Waals surface area contributed by atoms with E-state index in [1.54, 1.807) is 11.3 Å². The monoisotopic (exact) mass is 233 g/mol. The molecule has 2 aromatic rings. The lowest BCUT2D eigenvalue weighted by Gasteiger charge is -2.05. The minimum absolute atomic E-state index is 0.0486. The molecule has 3 heteroatoms. The predicted octanol–water partition coefficient (Wildman–Crippen LogP) is 2.80. The number of hydrogen-bond acceptors (Lipinski definition) is 3. The van der Waals surface area contributed by atoms with Crippen LogP contribution in [0.5, 0.6) is 0 Å². The third-order valence-corrected chi connectivity index (χ3v) is 3.76. The Labute approximate surface area is 99.4 Å². The standard InChI is InChI=1S/C13H15NOS/c14-11(8-9-15)13-7-6-12(16-13)10-4-2-1-3-5-10/h1-7,11,15H,8-9,14H2. The number of hydrogen-bond donors (Lipinski definition) is 2. The first-order chi connectivity index (χ1) is 7.81. The number of aliphatic hydroxyl groups excluding tert-OH is 1. The van der Waals surface area contributed by atoms with E-state index in [-0.39, 0.29) is 12.6 Å². The first-order valence-electron chi connectivity index (χ1n) is 5.33. The van der Waals surface area contributed by atoms with Gasteiger partial charge in [-0.25, -0.2) is 0 Å². The summed E-state index contributed by atoms with van der Waals surface area (Å²) < 4.78 is 0. The van der Waals surface area contributed by atoms with Crippen LogP contribution in [0.15, 0.2) is 42.5 Å². The largest absolute Gasteiger partial charge is 0.396 e. The summed E-state index contributed by atoms with van der Waals surface area (Å²) in [6, 6.07) is 14.3. The summed E-state index contributed by atoms with van der Waals surface area (Å²) in [6.45, 7) is 0.139. The average Bonchev–Trinajstić information content (AvgIpc) is 2.80. The van der Waals surface area contributed by atoms with Gasteiger partial charge in [0.05, 0.1) is 0 Å². The zero-order valence-electron chi connectivity index (χ0n) is 8.97. The van der Waals surface area contributed by atoms with Crippen LogP contribution >= 0.6 is 11.3 Å². The van der Waals surface area contributed by atoms with Gasteiger partial charge in [0.15, 0.2) is 0 Å². The molecule has 3 N–H and O–H groups in total. The van der Waals surface area contributed by atoms with E-state index in [2.05, 4.69) is 18.2 Å². The van der Waals surface area contributed by atoms with Crippen LogP contribution in [0, 0.1) is 0 Å². The van der Waals surface area contributed by atoms with Crippen molar-refractivity contribution >= 4 is 11.3 Å². The predicted molar refractivity (Wildman–Crippen MR) is 68.4 cm³/mol. The Hall–Kier alpha value is -1.16. The van der Waals surface area contributed by atoms with Crippen LogP contribution in [0.3, 0.4) is 0 Å². The molecule has 84 valence electrons. The Bertz CT molecular complexity index is 438. The van der Waals surface area contributed by atoms with Crippen molar-refractivity contribution in [2.24, 2.45) is 5.73 Å². The molecule has 0 saturated heterocycles. The van der Waals surface area contributed by atoms with Gasteiger partial charge in [-0.1, -0.05) is 30.3 Å². The van der Waals surface area contributed by atoms with Gasteiger partial charge >= 0.3 is 0 Å². The summed E-state index contributed by atoms with van der Waals surface area (Å²) >= 11 is 1.70. The smallest absolute Gasteiger partial charge is 0.0449 e.